The molecule has 0 saturated carbocycles. The summed E-state index contributed by atoms with van der Waals surface area (Å²) in [5.41, 5.74) is 7.19. The van der Waals surface area contributed by atoms with E-state index in [0.29, 0.717) is 18.0 Å². The Bertz CT molecular complexity index is 435. The summed E-state index contributed by atoms with van der Waals surface area (Å²) in [6.45, 7) is 2.47. The van der Waals surface area contributed by atoms with E-state index in [-0.39, 0.29) is 11.7 Å². The molecule has 0 aliphatic carbocycles. The Balaban J connectivity index is 2.44. The highest BCUT2D eigenvalue weighted by Gasteiger charge is 2.09. The quantitative estimate of drug-likeness (QED) is 0.717. The SMILES string of the molecule is CCCCCS(=O)CC(=O)Nc1ccccc1CN. The molecule has 0 saturated heterocycles. The van der Waals surface area contributed by atoms with E-state index >= 15 is 0 Å². The molecule has 0 spiro atoms. The molecule has 5 heteroatoms. The van der Waals surface area contributed by atoms with Crippen LogP contribution in [0.3, 0.4) is 0 Å². The molecule has 3 N–H and O–H groups in total. The maximum absolute atomic E-state index is 11.8. The molecule has 0 aromatic heterocycles. The van der Waals surface area contributed by atoms with Crippen molar-refractivity contribution in [1.82, 2.24) is 0 Å². The monoisotopic (exact) mass is 282 g/mol. The van der Waals surface area contributed by atoms with Crippen LogP contribution in [0.15, 0.2) is 24.3 Å². The number of anilines is 1. The van der Waals surface area contributed by atoms with Crippen LogP contribution in [0.1, 0.15) is 31.7 Å². The van der Waals surface area contributed by atoms with E-state index in [1.54, 1.807) is 6.07 Å². The fourth-order valence-electron chi connectivity index (χ4n) is 1.74. The van der Waals surface area contributed by atoms with Crippen LogP contribution >= 0.6 is 0 Å². The van der Waals surface area contributed by atoms with Crippen molar-refractivity contribution >= 4 is 22.4 Å². The Kier molecular flexibility index (Phi) is 7.36. The Morgan fingerprint density at radius 1 is 1.32 bits per heavy atom. The zero-order chi connectivity index (χ0) is 14.1. The first-order valence-electron chi connectivity index (χ1n) is 6.60. The maximum atomic E-state index is 11.8. The number of rotatable bonds is 8. The van der Waals surface area contributed by atoms with Crippen molar-refractivity contribution in [3.63, 3.8) is 0 Å². The van der Waals surface area contributed by atoms with Gasteiger partial charge in [0.25, 0.3) is 0 Å². The van der Waals surface area contributed by atoms with Gasteiger partial charge in [0.15, 0.2) is 0 Å². The lowest BCUT2D eigenvalue weighted by Gasteiger charge is -2.09. The molecule has 0 fully saturated rings. The Morgan fingerprint density at radius 3 is 2.74 bits per heavy atom. The highest BCUT2D eigenvalue weighted by Crippen LogP contribution is 2.13. The molecule has 19 heavy (non-hydrogen) atoms. The number of nitrogens with one attached hydrogen (secondary N) is 1. The van der Waals surface area contributed by atoms with Gasteiger partial charge in [-0.3, -0.25) is 9.00 Å². The first kappa shape index (κ1) is 15.9. The Hall–Kier alpha value is -1.20. The molecule has 1 rings (SSSR count). The van der Waals surface area contributed by atoms with Crippen LogP contribution in [0.2, 0.25) is 0 Å². The van der Waals surface area contributed by atoms with E-state index < -0.39 is 10.8 Å². The van der Waals surface area contributed by atoms with Gasteiger partial charge in [-0.1, -0.05) is 38.0 Å². The number of benzene rings is 1. The van der Waals surface area contributed by atoms with Gasteiger partial charge >= 0.3 is 0 Å². The largest absolute Gasteiger partial charge is 0.326 e. The summed E-state index contributed by atoms with van der Waals surface area (Å²) in [5, 5.41) is 2.77. The lowest BCUT2D eigenvalue weighted by atomic mass is 10.2. The van der Waals surface area contributed by atoms with E-state index in [1.807, 2.05) is 18.2 Å². The van der Waals surface area contributed by atoms with E-state index in [1.165, 1.54) is 0 Å². The van der Waals surface area contributed by atoms with Gasteiger partial charge in [-0.25, -0.2) is 0 Å². The molecule has 4 nitrogen and oxygen atoms in total. The van der Waals surface area contributed by atoms with Gasteiger partial charge in [0, 0.05) is 28.8 Å². The minimum atomic E-state index is -1.08. The van der Waals surface area contributed by atoms with Gasteiger partial charge in [-0.2, -0.15) is 0 Å². The average Bonchev–Trinajstić information content (AvgIpc) is 2.39. The fraction of sp³-hybridized carbons (Fsp3) is 0.500. The molecule has 0 aliphatic heterocycles. The second-order valence-corrected chi connectivity index (χ2v) is 5.98. The molecule has 0 aliphatic rings. The van der Waals surface area contributed by atoms with Gasteiger partial charge in [0.2, 0.25) is 5.91 Å². The minimum absolute atomic E-state index is 0.0582. The number of amides is 1. The van der Waals surface area contributed by atoms with Gasteiger partial charge < -0.3 is 11.1 Å². The van der Waals surface area contributed by atoms with Crippen molar-refractivity contribution in [2.75, 3.05) is 16.8 Å². The molecule has 0 heterocycles. The lowest BCUT2D eigenvalue weighted by molar-refractivity contribution is -0.113. The molecule has 1 aromatic rings. The number of carbonyl (C=O) groups excluding carboxylic acids is 1. The molecular weight excluding hydrogens is 260 g/mol. The summed E-state index contributed by atoms with van der Waals surface area (Å²) in [4.78, 5) is 11.8. The van der Waals surface area contributed by atoms with Crippen molar-refractivity contribution in [3.05, 3.63) is 29.8 Å². The van der Waals surface area contributed by atoms with Crippen molar-refractivity contribution in [2.45, 2.75) is 32.7 Å². The zero-order valence-electron chi connectivity index (χ0n) is 11.4. The zero-order valence-corrected chi connectivity index (χ0v) is 12.2. The molecule has 1 unspecified atom stereocenters. The number of nitrogens with two attached hydrogens (primary N) is 1. The second-order valence-electron chi connectivity index (χ2n) is 4.40. The lowest BCUT2D eigenvalue weighted by Crippen LogP contribution is -2.21. The number of hydrogen-bond acceptors (Lipinski definition) is 3. The van der Waals surface area contributed by atoms with Crippen LogP contribution in [0.4, 0.5) is 5.69 Å². The van der Waals surface area contributed by atoms with Crippen molar-refractivity contribution in [1.29, 1.82) is 0 Å². The first-order valence-corrected chi connectivity index (χ1v) is 8.09. The third-order valence-electron chi connectivity index (χ3n) is 2.78. The van der Waals surface area contributed by atoms with E-state index in [4.69, 9.17) is 5.73 Å². The Labute approximate surface area is 117 Å². The fourth-order valence-corrected chi connectivity index (χ4v) is 2.77. The van der Waals surface area contributed by atoms with Gasteiger partial charge in [0.1, 0.15) is 5.75 Å². The van der Waals surface area contributed by atoms with Crippen molar-refractivity contribution in [3.8, 4) is 0 Å². The van der Waals surface area contributed by atoms with Crippen LogP contribution in [0, 0.1) is 0 Å². The van der Waals surface area contributed by atoms with Gasteiger partial charge in [-0.05, 0) is 18.1 Å². The molecule has 0 radical (unpaired) electrons. The standard InChI is InChI=1S/C14H22N2O2S/c1-2-3-6-9-19(18)11-14(17)16-13-8-5-4-7-12(13)10-15/h4-5,7-8H,2-3,6,9-11,15H2,1H3,(H,16,17). The van der Waals surface area contributed by atoms with Crippen LogP contribution in [0.5, 0.6) is 0 Å². The highest BCUT2D eigenvalue weighted by atomic mass is 32.2. The average molecular weight is 282 g/mol. The predicted molar refractivity (Wildman–Crippen MR) is 80.4 cm³/mol. The van der Waals surface area contributed by atoms with Crippen molar-refractivity contribution in [2.24, 2.45) is 5.73 Å². The molecule has 0 bridgehead atoms. The van der Waals surface area contributed by atoms with Crippen LogP contribution in [-0.4, -0.2) is 21.6 Å². The Morgan fingerprint density at radius 2 is 2.05 bits per heavy atom. The topological polar surface area (TPSA) is 72.2 Å². The molecule has 1 aromatic carbocycles. The summed E-state index contributed by atoms with van der Waals surface area (Å²) in [7, 11) is -1.08. The van der Waals surface area contributed by atoms with Crippen LogP contribution in [0.25, 0.3) is 0 Å². The van der Waals surface area contributed by atoms with Gasteiger partial charge in [0.05, 0.1) is 0 Å². The first-order chi connectivity index (χ1) is 9.17. The summed E-state index contributed by atoms with van der Waals surface area (Å²) in [6.07, 6.45) is 3.06. The third-order valence-corrected chi connectivity index (χ3v) is 4.11. The van der Waals surface area contributed by atoms with Gasteiger partial charge in [-0.15, -0.1) is 0 Å². The predicted octanol–water partition coefficient (Wildman–Crippen LogP) is 2.02. The summed E-state index contributed by atoms with van der Waals surface area (Å²) >= 11 is 0. The number of hydrogen-bond donors (Lipinski definition) is 2. The molecular formula is C14H22N2O2S. The smallest absolute Gasteiger partial charge is 0.236 e. The van der Waals surface area contributed by atoms with E-state index in [9.17, 15) is 9.00 Å². The normalized spacial score (nSPS) is 12.1. The second kappa shape index (κ2) is 8.82. The summed E-state index contributed by atoms with van der Waals surface area (Å²) < 4.78 is 11.7. The number of carbonyl (C=O) groups is 1. The van der Waals surface area contributed by atoms with E-state index in [2.05, 4.69) is 12.2 Å². The maximum Gasteiger partial charge on any atom is 0.236 e. The van der Waals surface area contributed by atoms with E-state index in [0.717, 1.165) is 24.8 Å². The number of unbranched alkanes of at least 4 members (excludes halogenated alkanes) is 2. The molecule has 1 atom stereocenters. The molecule has 106 valence electrons. The molecule has 1 amide bonds. The summed E-state index contributed by atoms with van der Waals surface area (Å²) in [6, 6.07) is 7.39. The minimum Gasteiger partial charge on any atom is -0.326 e. The highest BCUT2D eigenvalue weighted by molar-refractivity contribution is 7.85. The van der Waals surface area contributed by atoms with Crippen molar-refractivity contribution < 1.29 is 9.00 Å². The van der Waals surface area contributed by atoms with Crippen LogP contribution < -0.4 is 11.1 Å². The van der Waals surface area contributed by atoms with Crippen LogP contribution in [-0.2, 0) is 22.1 Å². The number of para-hydroxylation sites is 1. The summed E-state index contributed by atoms with van der Waals surface area (Å²) in [5.74, 6) is 0.443. The third kappa shape index (κ3) is 5.98.